The molecule has 3 unspecified atom stereocenters. The van der Waals surface area contributed by atoms with Crippen LogP contribution >= 0.6 is 12.2 Å². The van der Waals surface area contributed by atoms with Gasteiger partial charge in [-0.25, -0.2) is 0 Å². The molecule has 0 aliphatic heterocycles. The highest BCUT2D eigenvalue weighted by atomic mass is 32.1. The summed E-state index contributed by atoms with van der Waals surface area (Å²) in [6.45, 7) is 0. The van der Waals surface area contributed by atoms with Gasteiger partial charge in [0.15, 0.2) is 5.11 Å². The van der Waals surface area contributed by atoms with E-state index in [0.717, 1.165) is 16.7 Å². The van der Waals surface area contributed by atoms with E-state index < -0.39 is 0 Å². The molecule has 0 aromatic heterocycles. The van der Waals surface area contributed by atoms with Crippen molar-refractivity contribution in [2.24, 2.45) is 11.8 Å². The molecule has 1 aromatic rings. The van der Waals surface area contributed by atoms with Gasteiger partial charge in [-0.2, -0.15) is 0 Å². The van der Waals surface area contributed by atoms with Crippen LogP contribution in [-0.4, -0.2) is 11.2 Å². The molecule has 3 aliphatic rings. The molecule has 2 nitrogen and oxygen atoms in total. The van der Waals surface area contributed by atoms with Crippen molar-refractivity contribution in [2.75, 3.05) is 5.32 Å². The lowest BCUT2D eigenvalue weighted by Gasteiger charge is -2.38. The second-order valence-corrected chi connectivity index (χ2v) is 5.60. The van der Waals surface area contributed by atoms with Gasteiger partial charge in [-0.3, -0.25) is 0 Å². The summed E-state index contributed by atoms with van der Waals surface area (Å²) >= 11 is 5.39. The zero-order chi connectivity index (χ0) is 12.4. The molecule has 2 N–H and O–H groups in total. The third-order valence-corrected chi connectivity index (χ3v) is 4.14. The predicted octanol–water partition coefficient (Wildman–Crippen LogP) is 3.33. The lowest BCUT2D eigenvalue weighted by molar-refractivity contribution is 0.268. The SMILES string of the molecule is S=C(Nc1ccccc1)NC1CC2C=CC1CC2. The van der Waals surface area contributed by atoms with E-state index in [1.54, 1.807) is 0 Å². The number of fused-ring (bicyclic) bond motifs is 2. The van der Waals surface area contributed by atoms with Crippen LogP contribution in [0.2, 0.25) is 0 Å². The van der Waals surface area contributed by atoms with Gasteiger partial charge in [0.25, 0.3) is 0 Å². The molecule has 3 heteroatoms. The maximum Gasteiger partial charge on any atom is 0.171 e. The monoisotopic (exact) mass is 258 g/mol. The van der Waals surface area contributed by atoms with Crippen LogP contribution in [0.15, 0.2) is 42.5 Å². The van der Waals surface area contributed by atoms with E-state index in [4.69, 9.17) is 12.2 Å². The first-order chi connectivity index (χ1) is 8.81. The number of para-hydroxylation sites is 1. The normalized spacial score (nSPS) is 29.0. The fourth-order valence-corrected chi connectivity index (χ4v) is 3.22. The lowest BCUT2D eigenvalue weighted by Crippen LogP contribution is -2.46. The summed E-state index contributed by atoms with van der Waals surface area (Å²) in [5.74, 6) is 1.41. The molecule has 1 aromatic carbocycles. The van der Waals surface area contributed by atoms with Gasteiger partial charge in [0.1, 0.15) is 0 Å². The van der Waals surface area contributed by atoms with Crippen LogP contribution in [0.1, 0.15) is 19.3 Å². The van der Waals surface area contributed by atoms with Gasteiger partial charge in [0.05, 0.1) is 0 Å². The lowest BCUT2D eigenvalue weighted by atomic mass is 9.73. The number of allylic oxidation sites excluding steroid dienone is 1. The molecule has 0 spiro atoms. The molecule has 0 amide bonds. The van der Waals surface area contributed by atoms with Crippen molar-refractivity contribution in [3.05, 3.63) is 42.5 Å². The fraction of sp³-hybridized carbons (Fsp3) is 0.400. The largest absolute Gasteiger partial charge is 0.359 e. The third kappa shape index (κ3) is 2.56. The van der Waals surface area contributed by atoms with Gasteiger partial charge >= 0.3 is 0 Å². The Kier molecular flexibility index (Phi) is 3.33. The average molecular weight is 258 g/mol. The Hall–Kier alpha value is -1.35. The molecule has 0 saturated heterocycles. The molecule has 4 rings (SSSR count). The van der Waals surface area contributed by atoms with Crippen LogP contribution in [0, 0.1) is 11.8 Å². The van der Waals surface area contributed by atoms with Gasteiger partial charge in [-0.05, 0) is 55.4 Å². The third-order valence-electron chi connectivity index (χ3n) is 3.92. The number of thiocarbonyl (C=S) groups is 1. The highest BCUT2D eigenvalue weighted by Gasteiger charge is 2.31. The summed E-state index contributed by atoms with van der Waals surface area (Å²) in [6, 6.07) is 10.6. The quantitative estimate of drug-likeness (QED) is 0.628. The summed E-state index contributed by atoms with van der Waals surface area (Å²) in [4.78, 5) is 0. The standard InChI is InChI=1S/C15H18N2S/c18-15(16-13-4-2-1-3-5-13)17-14-10-11-6-8-12(14)9-7-11/h1-6,8,11-12,14H,7,9-10H2,(H2,16,17,18). The summed E-state index contributed by atoms with van der Waals surface area (Å²) in [5, 5.41) is 7.46. The van der Waals surface area contributed by atoms with Gasteiger partial charge in [-0.1, -0.05) is 30.4 Å². The van der Waals surface area contributed by atoms with Crippen molar-refractivity contribution < 1.29 is 0 Å². The number of hydrogen-bond acceptors (Lipinski definition) is 1. The van der Waals surface area contributed by atoms with E-state index in [1.807, 2.05) is 30.3 Å². The second kappa shape index (κ2) is 5.11. The van der Waals surface area contributed by atoms with Crippen molar-refractivity contribution in [3.63, 3.8) is 0 Å². The first-order valence-corrected chi connectivity index (χ1v) is 7.03. The number of rotatable bonds is 2. The molecule has 1 fully saturated rings. The molecular formula is C15H18N2S. The zero-order valence-electron chi connectivity index (χ0n) is 10.3. The molecule has 18 heavy (non-hydrogen) atoms. The Labute approximate surface area is 113 Å². The molecular weight excluding hydrogens is 240 g/mol. The second-order valence-electron chi connectivity index (χ2n) is 5.19. The van der Waals surface area contributed by atoms with Crippen molar-refractivity contribution in [3.8, 4) is 0 Å². The van der Waals surface area contributed by atoms with Crippen molar-refractivity contribution in [1.82, 2.24) is 5.32 Å². The smallest absolute Gasteiger partial charge is 0.171 e. The van der Waals surface area contributed by atoms with Crippen LogP contribution < -0.4 is 10.6 Å². The number of nitrogens with one attached hydrogen (secondary N) is 2. The van der Waals surface area contributed by atoms with Gasteiger partial charge < -0.3 is 10.6 Å². The highest BCUT2D eigenvalue weighted by molar-refractivity contribution is 7.80. The van der Waals surface area contributed by atoms with Crippen LogP contribution in [0.3, 0.4) is 0 Å². The maximum atomic E-state index is 5.39. The summed E-state index contributed by atoms with van der Waals surface area (Å²) in [6.07, 6.45) is 8.60. The van der Waals surface area contributed by atoms with Crippen LogP contribution in [0.4, 0.5) is 5.69 Å². The average Bonchev–Trinajstić information content (AvgIpc) is 2.41. The first-order valence-electron chi connectivity index (χ1n) is 6.62. The minimum absolute atomic E-state index is 0.512. The van der Waals surface area contributed by atoms with Crippen LogP contribution in [-0.2, 0) is 0 Å². The Morgan fingerprint density at radius 2 is 1.94 bits per heavy atom. The summed E-state index contributed by atoms with van der Waals surface area (Å²) < 4.78 is 0. The Bertz CT molecular complexity index is 455. The Morgan fingerprint density at radius 1 is 1.11 bits per heavy atom. The molecule has 2 bridgehead atoms. The number of anilines is 1. The van der Waals surface area contributed by atoms with Gasteiger partial charge in [0.2, 0.25) is 0 Å². The van der Waals surface area contributed by atoms with Crippen molar-refractivity contribution >= 4 is 23.0 Å². The van der Waals surface area contributed by atoms with Crippen molar-refractivity contribution in [1.29, 1.82) is 0 Å². The van der Waals surface area contributed by atoms with E-state index in [-0.39, 0.29) is 0 Å². The molecule has 0 radical (unpaired) electrons. The summed E-state index contributed by atoms with van der Waals surface area (Å²) in [5.41, 5.74) is 1.05. The van der Waals surface area contributed by atoms with E-state index >= 15 is 0 Å². The minimum Gasteiger partial charge on any atom is -0.359 e. The van der Waals surface area contributed by atoms with Gasteiger partial charge in [0, 0.05) is 11.7 Å². The molecule has 1 saturated carbocycles. The molecule has 3 aliphatic carbocycles. The topological polar surface area (TPSA) is 24.1 Å². The van der Waals surface area contributed by atoms with E-state index in [2.05, 4.69) is 22.8 Å². The molecule has 3 atom stereocenters. The Morgan fingerprint density at radius 3 is 2.56 bits per heavy atom. The van der Waals surface area contributed by atoms with Crippen LogP contribution in [0.5, 0.6) is 0 Å². The van der Waals surface area contributed by atoms with E-state index in [0.29, 0.717) is 12.0 Å². The van der Waals surface area contributed by atoms with E-state index in [1.165, 1.54) is 19.3 Å². The first kappa shape index (κ1) is 11.7. The summed E-state index contributed by atoms with van der Waals surface area (Å²) in [7, 11) is 0. The van der Waals surface area contributed by atoms with Crippen molar-refractivity contribution in [2.45, 2.75) is 25.3 Å². The van der Waals surface area contributed by atoms with E-state index in [9.17, 15) is 0 Å². The highest BCUT2D eigenvalue weighted by Crippen LogP contribution is 2.36. The maximum absolute atomic E-state index is 5.39. The minimum atomic E-state index is 0.512. The number of hydrogen-bond donors (Lipinski definition) is 2. The number of benzene rings is 1. The zero-order valence-corrected chi connectivity index (χ0v) is 11.1. The fourth-order valence-electron chi connectivity index (χ4n) is 2.95. The van der Waals surface area contributed by atoms with Gasteiger partial charge in [-0.15, -0.1) is 0 Å². The Balaban J connectivity index is 1.57. The van der Waals surface area contributed by atoms with Crippen LogP contribution in [0.25, 0.3) is 0 Å². The molecule has 94 valence electrons. The molecule has 0 heterocycles. The predicted molar refractivity (Wildman–Crippen MR) is 79.6 cm³/mol.